The van der Waals surface area contributed by atoms with Gasteiger partial charge in [-0.05, 0) is 36.8 Å². The zero-order valence-electron chi connectivity index (χ0n) is 9.84. The SMILES string of the molecule is COCCC1(CCl)CCCc2ccccc21. The molecule has 1 aliphatic carbocycles. The van der Waals surface area contributed by atoms with Crippen molar-refractivity contribution in [3.05, 3.63) is 35.4 Å². The lowest BCUT2D eigenvalue weighted by Crippen LogP contribution is -2.34. The number of ether oxygens (including phenoxy) is 1. The number of benzene rings is 1. The van der Waals surface area contributed by atoms with Gasteiger partial charge in [0.05, 0.1) is 0 Å². The fraction of sp³-hybridized carbons (Fsp3) is 0.571. The minimum atomic E-state index is 0.145. The summed E-state index contributed by atoms with van der Waals surface area (Å²) < 4.78 is 5.23. The molecule has 1 aromatic rings. The molecule has 0 heterocycles. The number of hydrogen-bond donors (Lipinski definition) is 0. The summed E-state index contributed by atoms with van der Waals surface area (Å²) in [5.41, 5.74) is 3.07. The number of hydrogen-bond acceptors (Lipinski definition) is 1. The lowest BCUT2D eigenvalue weighted by molar-refractivity contribution is 0.165. The van der Waals surface area contributed by atoms with Gasteiger partial charge in [-0.25, -0.2) is 0 Å². The van der Waals surface area contributed by atoms with Crippen molar-refractivity contribution < 1.29 is 4.74 Å². The average molecular weight is 239 g/mol. The summed E-state index contributed by atoms with van der Waals surface area (Å²) in [6.07, 6.45) is 4.66. The fourth-order valence-corrected chi connectivity index (χ4v) is 3.18. The fourth-order valence-electron chi connectivity index (χ4n) is 2.77. The monoisotopic (exact) mass is 238 g/mol. The van der Waals surface area contributed by atoms with Crippen molar-refractivity contribution in [2.45, 2.75) is 31.1 Å². The van der Waals surface area contributed by atoms with Crippen LogP contribution in [0.3, 0.4) is 0 Å². The Morgan fingerprint density at radius 1 is 1.38 bits per heavy atom. The first-order chi connectivity index (χ1) is 7.82. The number of halogens is 1. The van der Waals surface area contributed by atoms with Crippen LogP contribution in [0, 0.1) is 0 Å². The third-order valence-electron chi connectivity index (χ3n) is 3.73. The van der Waals surface area contributed by atoms with Gasteiger partial charge in [-0.15, -0.1) is 11.6 Å². The van der Waals surface area contributed by atoms with Crippen molar-refractivity contribution in [1.29, 1.82) is 0 Å². The first-order valence-corrected chi connectivity index (χ1v) is 6.49. The van der Waals surface area contributed by atoms with Crippen molar-refractivity contribution in [2.75, 3.05) is 19.6 Å². The summed E-state index contributed by atoms with van der Waals surface area (Å²) in [6.45, 7) is 0.793. The van der Waals surface area contributed by atoms with Crippen molar-refractivity contribution in [1.82, 2.24) is 0 Å². The minimum absolute atomic E-state index is 0.145. The van der Waals surface area contributed by atoms with E-state index in [9.17, 15) is 0 Å². The van der Waals surface area contributed by atoms with Gasteiger partial charge >= 0.3 is 0 Å². The van der Waals surface area contributed by atoms with E-state index < -0.39 is 0 Å². The van der Waals surface area contributed by atoms with Gasteiger partial charge in [-0.2, -0.15) is 0 Å². The van der Waals surface area contributed by atoms with Crippen molar-refractivity contribution in [2.24, 2.45) is 0 Å². The Balaban J connectivity index is 2.33. The molecule has 1 nitrogen and oxygen atoms in total. The van der Waals surface area contributed by atoms with E-state index in [4.69, 9.17) is 16.3 Å². The van der Waals surface area contributed by atoms with Crippen LogP contribution in [0.15, 0.2) is 24.3 Å². The third-order valence-corrected chi connectivity index (χ3v) is 4.24. The highest BCUT2D eigenvalue weighted by molar-refractivity contribution is 6.18. The van der Waals surface area contributed by atoms with Crippen LogP contribution in [0.1, 0.15) is 30.4 Å². The maximum absolute atomic E-state index is 6.25. The Morgan fingerprint density at radius 2 is 2.19 bits per heavy atom. The van der Waals surface area contributed by atoms with E-state index in [-0.39, 0.29) is 5.41 Å². The molecule has 0 fully saturated rings. The van der Waals surface area contributed by atoms with Gasteiger partial charge in [0, 0.05) is 25.0 Å². The molecule has 0 N–H and O–H groups in total. The maximum Gasteiger partial charge on any atom is 0.0471 e. The van der Waals surface area contributed by atoms with Crippen molar-refractivity contribution in [3.63, 3.8) is 0 Å². The van der Waals surface area contributed by atoms with E-state index in [2.05, 4.69) is 24.3 Å². The van der Waals surface area contributed by atoms with Crippen LogP contribution >= 0.6 is 11.6 Å². The molecule has 1 aromatic carbocycles. The molecule has 1 unspecified atom stereocenters. The smallest absolute Gasteiger partial charge is 0.0471 e. The summed E-state index contributed by atoms with van der Waals surface area (Å²) in [6, 6.07) is 8.73. The van der Waals surface area contributed by atoms with E-state index >= 15 is 0 Å². The predicted octanol–water partition coefficient (Wildman–Crippen LogP) is 3.54. The zero-order valence-corrected chi connectivity index (χ0v) is 10.6. The lowest BCUT2D eigenvalue weighted by atomic mass is 9.69. The highest BCUT2D eigenvalue weighted by Crippen LogP contribution is 2.40. The molecular formula is C14H19ClO. The molecule has 0 saturated heterocycles. The molecule has 0 amide bonds. The van der Waals surface area contributed by atoms with Crippen LogP contribution in [0.4, 0.5) is 0 Å². The van der Waals surface area contributed by atoms with Gasteiger partial charge < -0.3 is 4.74 Å². The molecule has 1 atom stereocenters. The summed E-state index contributed by atoms with van der Waals surface area (Å²) in [5, 5.41) is 0. The molecule has 0 aromatic heterocycles. The summed E-state index contributed by atoms with van der Waals surface area (Å²) >= 11 is 6.25. The average Bonchev–Trinajstić information content (AvgIpc) is 2.36. The Hall–Kier alpha value is -0.530. The molecule has 0 spiro atoms. The lowest BCUT2D eigenvalue weighted by Gasteiger charge is -2.37. The summed E-state index contributed by atoms with van der Waals surface area (Å²) in [5.74, 6) is 0.702. The second-order valence-electron chi connectivity index (χ2n) is 4.67. The second kappa shape index (κ2) is 5.20. The van der Waals surface area contributed by atoms with Crippen LogP contribution < -0.4 is 0 Å². The Kier molecular flexibility index (Phi) is 3.88. The van der Waals surface area contributed by atoms with E-state index in [1.165, 1.54) is 30.4 Å². The Morgan fingerprint density at radius 3 is 2.94 bits per heavy atom. The van der Waals surface area contributed by atoms with Gasteiger partial charge in [0.25, 0.3) is 0 Å². The van der Waals surface area contributed by atoms with E-state index in [0.29, 0.717) is 5.88 Å². The molecule has 0 bridgehead atoms. The molecule has 88 valence electrons. The standard InChI is InChI=1S/C14H19ClO/c1-16-10-9-14(11-15)8-4-6-12-5-2-3-7-13(12)14/h2-3,5,7H,4,6,8-11H2,1H3. The molecule has 0 aliphatic heterocycles. The van der Waals surface area contributed by atoms with Crippen molar-refractivity contribution in [3.8, 4) is 0 Å². The highest BCUT2D eigenvalue weighted by Gasteiger charge is 2.35. The van der Waals surface area contributed by atoms with Gasteiger partial charge in [0.15, 0.2) is 0 Å². The van der Waals surface area contributed by atoms with Gasteiger partial charge in [-0.1, -0.05) is 24.3 Å². The van der Waals surface area contributed by atoms with Gasteiger partial charge in [0.2, 0.25) is 0 Å². The number of fused-ring (bicyclic) bond motifs is 1. The van der Waals surface area contributed by atoms with Crippen LogP contribution in [0.25, 0.3) is 0 Å². The van der Waals surface area contributed by atoms with E-state index in [1.54, 1.807) is 7.11 Å². The number of methoxy groups -OCH3 is 1. The molecule has 0 saturated carbocycles. The predicted molar refractivity (Wildman–Crippen MR) is 68.3 cm³/mol. The molecule has 2 heteroatoms. The van der Waals surface area contributed by atoms with Crippen LogP contribution in [0.2, 0.25) is 0 Å². The normalized spacial score (nSPS) is 24.1. The van der Waals surface area contributed by atoms with Crippen LogP contribution in [-0.2, 0) is 16.6 Å². The van der Waals surface area contributed by atoms with Crippen molar-refractivity contribution >= 4 is 11.6 Å². The zero-order chi connectivity index (χ0) is 11.4. The molecule has 2 rings (SSSR count). The third kappa shape index (κ3) is 2.11. The Bertz CT molecular complexity index is 350. The second-order valence-corrected chi connectivity index (χ2v) is 4.93. The highest BCUT2D eigenvalue weighted by atomic mass is 35.5. The summed E-state index contributed by atoms with van der Waals surface area (Å²) in [7, 11) is 1.76. The van der Waals surface area contributed by atoms with Crippen LogP contribution in [0.5, 0.6) is 0 Å². The number of aryl methyl sites for hydroxylation is 1. The summed E-state index contributed by atoms with van der Waals surface area (Å²) in [4.78, 5) is 0. The van der Waals surface area contributed by atoms with Gasteiger partial charge in [-0.3, -0.25) is 0 Å². The van der Waals surface area contributed by atoms with Gasteiger partial charge in [0.1, 0.15) is 0 Å². The van der Waals surface area contributed by atoms with E-state index in [0.717, 1.165) is 13.0 Å². The first-order valence-electron chi connectivity index (χ1n) is 5.96. The quantitative estimate of drug-likeness (QED) is 0.730. The molecular weight excluding hydrogens is 220 g/mol. The Labute approximate surface area is 103 Å². The number of alkyl halides is 1. The molecule has 0 radical (unpaired) electrons. The minimum Gasteiger partial charge on any atom is -0.385 e. The number of rotatable bonds is 4. The largest absolute Gasteiger partial charge is 0.385 e. The maximum atomic E-state index is 6.25. The van der Waals surface area contributed by atoms with E-state index in [1.807, 2.05) is 0 Å². The first kappa shape index (κ1) is 11.9. The molecule has 16 heavy (non-hydrogen) atoms. The topological polar surface area (TPSA) is 9.23 Å². The molecule has 1 aliphatic rings. The van der Waals surface area contributed by atoms with Crippen LogP contribution in [-0.4, -0.2) is 19.6 Å².